The summed E-state index contributed by atoms with van der Waals surface area (Å²) in [6.07, 6.45) is 12.9. The Morgan fingerprint density at radius 1 is 0.955 bits per heavy atom. The van der Waals surface area contributed by atoms with Gasteiger partial charge in [-0.05, 0) is 12.2 Å². The maximum atomic E-state index is 10.0. The Labute approximate surface area is 155 Å². The molecule has 22 heavy (non-hydrogen) atoms. The van der Waals surface area contributed by atoms with Crippen LogP contribution < -0.4 is 0 Å². The van der Waals surface area contributed by atoms with Crippen molar-refractivity contribution in [2.75, 3.05) is 0 Å². The average molecular weight is 416 g/mol. The first-order valence-electron chi connectivity index (χ1n) is 8.29. The molecule has 0 aromatic heterocycles. The van der Waals surface area contributed by atoms with E-state index in [1.165, 1.54) is 44.6 Å². The van der Waals surface area contributed by atoms with E-state index in [1.54, 1.807) is 12.2 Å². The second-order valence-electron chi connectivity index (χ2n) is 4.66. The van der Waals surface area contributed by atoms with Crippen molar-refractivity contribution in [2.24, 2.45) is 0 Å². The molecule has 128 valence electrons. The maximum Gasteiger partial charge on any atom is 0.251 e. The van der Waals surface area contributed by atoms with Crippen molar-refractivity contribution in [3.8, 4) is 0 Å². The van der Waals surface area contributed by atoms with Gasteiger partial charge in [0.25, 0.3) is 5.70 Å². The van der Waals surface area contributed by atoms with Crippen molar-refractivity contribution >= 4 is 23.9 Å². The summed E-state index contributed by atoms with van der Waals surface area (Å²) in [5, 5.41) is 10.0. The van der Waals surface area contributed by atoms with Gasteiger partial charge in [0.2, 0.25) is 0 Å². The third-order valence-electron chi connectivity index (χ3n) is 2.54. The molecule has 4 heteroatoms. The van der Waals surface area contributed by atoms with Crippen molar-refractivity contribution in [2.45, 2.75) is 86.5 Å². The number of nitro groups is 1. The third-order valence-corrected chi connectivity index (χ3v) is 2.54. The molecule has 0 aromatic carbocycles. The Balaban J connectivity index is -0.000000107. The normalized spacial score (nSPS) is 10.4. The Kier molecular flexibility index (Phi) is 38.3. The monoisotopic (exact) mass is 417 g/mol. The minimum absolute atomic E-state index is 0. The van der Waals surface area contributed by atoms with Crippen molar-refractivity contribution in [3.63, 3.8) is 0 Å². The Hall–Kier alpha value is -0.541. The quantitative estimate of drug-likeness (QED) is 0.234. The van der Waals surface area contributed by atoms with Crippen LogP contribution in [-0.2, 0) is 0 Å². The summed E-state index contributed by atoms with van der Waals surface area (Å²) >= 11 is 0. The first-order valence-corrected chi connectivity index (χ1v) is 8.29. The first-order chi connectivity index (χ1) is 10.0. The fraction of sp³-hybridized carbons (Fsp3) is 0.722. The second kappa shape index (κ2) is 28.6. The zero-order chi connectivity index (χ0) is 16.9. The van der Waals surface area contributed by atoms with Crippen molar-refractivity contribution in [1.29, 1.82) is 0 Å². The van der Waals surface area contributed by atoms with E-state index in [1.807, 2.05) is 0 Å². The molecular formula is C18H35NO2Sn. The smallest absolute Gasteiger partial charge is 0.251 e. The fourth-order valence-electron chi connectivity index (χ4n) is 0.579. The first kappa shape index (κ1) is 29.5. The molecule has 1 rings (SSSR count). The molecule has 0 saturated carbocycles. The van der Waals surface area contributed by atoms with E-state index in [2.05, 4.69) is 47.3 Å². The second-order valence-corrected chi connectivity index (χ2v) is 4.66. The van der Waals surface area contributed by atoms with Crippen molar-refractivity contribution < 1.29 is 4.92 Å². The number of nitrogens with zero attached hydrogens (tertiary/aromatic N) is 1. The van der Waals surface area contributed by atoms with Crippen LogP contribution in [0.5, 0.6) is 0 Å². The van der Waals surface area contributed by atoms with Crippen LogP contribution in [0.25, 0.3) is 0 Å². The molecule has 0 saturated heterocycles. The summed E-state index contributed by atoms with van der Waals surface area (Å²) in [4.78, 5) is 9.64. The predicted molar refractivity (Wildman–Crippen MR) is 99.8 cm³/mol. The van der Waals surface area contributed by atoms with E-state index in [0.717, 1.165) is 0 Å². The number of unbranched alkanes of at least 4 members (excludes halogenated alkanes) is 3. The van der Waals surface area contributed by atoms with Crippen LogP contribution in [0.4, 0.5) is 0 Å². The molecule has 0 heterocycles. The van der Waals surface area contributed by atoms with Gasteiger partial charge in [-0.2, -0.15) is 0 Å². The van der Waals surface area contributed by atoms with Crippen LogP contribution in [-0.4, -0.2) is 28.8 Å². The summed E-state index contributed by atoms with van der Waals surface area (Å²) < 4.78 is 0. The van der Waals surface area contributed by atoms with Crippen LogP contribution in [0.2, 0.25) is 0 Å². The summed E-state index contributed by atoms with van der Waals surface area (Å²) in [5.74, 6) is 0. The molecule has 0 aliphatic heterocycles. The molecule has 1 aliphatic rings. The third kappa shape index (κ3) is 31.7. The number of hydrogen-bond donors (Lipinski definition) is 0. The van der Waals surface area contributed by atoms with Gasteiger partial charge < -0.3 is 0 Å². The minimum atomic E-state index is -0.381. The van der Waals surface area contributed by atoms with Gasteiger partial charge >= 0.3 is 0 Å². The van der Waals surface area contributed by atoms with Crippen LogP contribution in [0, 0.1) is 10.1 Å². The van der Waals surface area contributed by atoms with Crippen molar-refractivity contribution in [3.05, 3.63) is 39.8 Å². The molecular weight excluding hydrogens is 381 g/mol. The molecule has 0 bridgehead atoms. The summed E-state index contributed by atoms with van der Waals surface area (Å²) in [6, 6.07) is 0. The molecule has 1 aliphatic carbocycles. The van der Waals surface area contributed by atoms with Gasteiger partial charge in [-0.3, -0.25) is 10.1 Å². The molecule has 0 fully saturated rings. The van der Waals surface area contributed by atoms with E-state index in [9.17, 15) is 10.1 Å². The predicted octanol–water partition coefficient (Wildman–Crippen LogP) is 6.30. The Bertz CT molecular complexity index is 291. The number of hydrogen-bond acceptors (Lipinski definition) is 2. The standard InChI is InChI=1S/C6H5NO2.3C4H10.Sn/c8-7(9)6-4-2-1-3-5-6;3*1-3-4-2;/h2-4H,5H2;3*3-4H2,1-2H3;. The molecule has 4 radical (unpaired) electrons. The Morgan fingerprint density at radius 3 is 1.45 bits per heavy atom. The topological polar surface area (TPSA) is 43.1 Å². The van der Waals surface area contributed by atoms with Gasteiger partial charge in [0.15, 0.2) is 0 Å². The molecule has 0 amide bonds. The van der Waals surface area contributed by atoms with Crippen LogP contribution in [0.15, 0.2) is 29.7 Å². The van der Waals surface area contributed by atoms with Gasteiger partial charge in [-0.15, -0.1) is 5.73 Å². The minimum Gasteiger partial charge on any atom is -0.259 e. The Morgan fingerprint density at radius 2 is 1.32 bits per heavy atom. The summed E-state index contributed by atoms with van der Waals surface area (Å²) in [5.41, 5.74) is 2.97. The molecule has 0 atom stereocenters. The number of allylic oxidation sites excluding steroid dienone is 2. The number of rotatable bonds is 4. The van der Waals surface area contributed by atoms with Gasteiger partial charge in [-0.25, -0.2) is 0 Å². The zero-order valence-corrected chi connectivity index (χ0v) is 18.3. The molecule has 0 spiro atoms. The summed E-state index contributed by atoms with van der Waals surface area (Å²) in [6.45, 7) is 13.1. The zero-order valence-electron chi connectivity index (χ0n) is 15.4. The van der Waals surface area contributed by atoms with Crippen molar-refractivity contribution in [1.82, 2.24) is 0 Å². The van der Waals surface area contributed by atoms with E-state index < -0.39 is 0 Å². The van der Waals surface area contributed by atoms with Gasteiger partial charge in [0, 0.05) is 30.0 Å². The molecule has 0 N–H and O–H groups in total. The SMILES string of the molecule is CCCC.CCCC.CCCC.O=[N+]([O-])C1=CC=C=CC1.[Sn]. The maximum absolute atomic E-state index is 10.0. The average Bonchev–Trinajstić information content (AvgIpc) is 2.56. The molecule has 3 nitrogen and oxygen atoms in total. The van der Waals surface area contributed by atoms with E-state index in [4.69, 9.17) is 0 Å². The van der Waals surface area contributed by atoms with E-state index in [-0.39, 0.29) is 34.5 Å². The van der Waals surface area contributed by atoms with Crippen LogP contribution in [0.1, 0.15) is 86.5 Å². The summed E-state index contributed by atoms with van der Waals surface area (Å²) in [7, 11) is 0. The molecule has 0 unspecified atom stereocenters. The van der Waals surface area contributed by atoms with E-state index in [0.29, 0.717) is 6.42 Å². The fourth-order valence-corrected chi connectivity index (χ4v) is 0.579. The largest absolute Gasteiger partial charge is 0.259 e. The van der Waals surface area contributed by atoms with Crippen LogP contribution in [0.3, 0.4) is 0 Å². The van der Waals surface area contributed by atoms with Crippen LogP contribution >= 0.6 is 0 Å². The van der Waals surface area contributed by atoms with Gasteiger partial charge in [-0.1, -0.05) is 80.1 Å². The molecule has 0 aromatic rings. The van der Waals surface area contributed by atoms with E-state index >= 15 is 0 Å². The van der Waals surface area contributed by atoms with Gasteiger partial charge in [0.1, 0.15) is 0 Å². The van der Waals surface area contributed by atoms with Gasteiger partial charge in [0.05, 0.1) is 11.3 Å².